The van der Waals surface area contributed by atoms with E-state index in [2.05, 4.69) is 10.6 Å². The van der Waals surface area contributed by atoms with E-state index in [0.717, 1.165) is 17.1 Å². The Morgan fingerprint density at radius 2 is 1.81 bits per heavy atom. The Labute approximate surface area is 154 Å². The van der Waals surface area contributed by atoms with Crippen LogP contribution in [0.1, 0.15) is 18.4 Å². The van der Waals surface area contributed by atoms with E-state index in [4.69, 9.17) is 0 Å². The maximum Gasteiger partial charge on any atom is 0.322 e. The van der Waals surface area contributed by atoms with Gasteiger partial charge in [-0.15, -0.1) is 11.3 Å². The van der Waals surface area contributed by atoms with Crippen LogP contribution in [0, 0.1) is 17.6 Å². The minimum Gasteiger partial charge on any atom is -0.352 e. The highest BCUT2D eigenvalue weighted by atomic mass is 32.1. The number of nitrogens with zero attached hydrogens (tertiary/aromatic N) is 1. The Bertz CT molecular complexity index is 754. The number of thiophene rings is 1. The fourth-order valence-corrected chi connectivity index (χ4v) is 3.51. The van der Waals surface area contributed by atoms with Crippen molar-refractivity contribution in [2.45, 2.75) is 19.4 Å². The largest absolute Gasteiger partial charge is 0.352 e. The highest BCUT2D eigenvalue weighted by Crippen LogP contribution is 2.21. The molecule has 2 N–H and O–H groups in total. The van der Waals surface area contributed by atoms with E-state index >= 15 is 0 Å². The summed E-state index contributed by atoms with van der Waals surface area (Å²) >= 11 is 1.44. The van der Waals surface area contributed by atoms with Gasteiger partial charge in [-0.1, -0.05) is 6.07 Å². The molecule has 26 heavy (non-hydrogen) atoms. The number of carbonyl (C=O) groups is 2. The van der Waals surface area contributed by atoms with E-state index in [9.17, 15) is 18.4 Å². The van der Waals surface area contributed by atoms with Gasteiger partial charge in [0.2, 0.25) is 5.91 Å². The monoisotopic (exact) mass is 379 g/mol. The third kappa shape index (κ3) is 4.37. The van der Waals surface area contributed by atoms with Crippen LogP contribution in [0.2, 0.25) is 0 Å². The summed E-state index contributed by atoms with van der Waals surface area (Å²) < 4.78 is 27.2. The van der Waals surface area contributed by atoms with Crippen molar-refractivity contribution in [1.29, 1.82) is 0 Å². The molecule has 5 nitrogen and oxygen atoms in total. The number of anilines is 1. The van der Waals surface area contributed by atoms with Crippen LogP contribution in [0.3, 0.4) is 0 Å². The number of rotatable bonds is 4. The minimum atomic E-state index is -0.676. The van der Waals surface area contributed by atoms with E-state index in [1.807, 2.05) is 17.5 Å². The molecule has 1 aliphatic rings. The van der Waals surface area contributed by atoms with Crippen LogP contribution < -0.4 is 10.6 Å². The molecule has 0 atom stereocenters. The maximum atomic E-state index is 13.6. The van der Waals surface area contributed by atoms with E-state index in [1.54, 1.807) is 4.90 Å². The smallest absolute Gasteiger partial charge is 0.322 e. The fourth-order valence-electron chi connectivity index (χ4n) is 2.90. The normalized spacial score (nSPS) is 14.9. The number of hydrogen-bond donors (Lipinski definition) is 2. The lowest BCUT2D eigenvalue weighted by molar-refractivity contribution is -0.126. The average molecular weight is 379 g/mol. The molecule has 0 bridgehead atoms. The molecular weight excluding hydrogens is 360 g/mol. The summed E-state index contributed by atoms with van der Waals surface area (Å²) in [5, 5.41) is 8.07. The molecule has 0 spiro atoms. The van der Waals surface area contributed by atoms with Crippen molar-refractivity contribution in [1.82, 2.24) is 10.2 Å². The standard InChI is InChI=1S/C18H19F2N3O2S/c19-14-3-1-4-15(20)13(14)11-21-17(24)12-6-8-23(9-7-12)18(25)22-16-5-2-10-26-16/h1-5,10,12H,6-9,11H2,(H,21,24)(H,22,25). The lowest BCUT2D eigenvalue weighted by Crippen LogP contribution is -2.44. The predicted octanol–water partition coefficient (Wildman–Crippen LogP) is 3.59. The number of amides is 3. The van der Waals surface area contributed by atoms with Crippen LogP contribution in [0.5, 0.6) is 0 Å². The molecule has 3 rings (SSSR count). The zero-order valence-corrected chi connectivity index (χ0v) is 14.8. The number of carbonyl (C=O) groups excluding carboxylic acids is 2. The van der Waals surface area contributed by atoms with Crippen molar-refractivity contribution in [3.05, 3.63) is 52.9 Å². The molecule has 1 saturated heterocycles. The molecule has 1 aromatic carbocycles. The quantitative estimate of drug-likeness (QED) is 0.853. The lowest BCUT2D eigenvalue weighted by Gasteiger charge is -2.31. The first kappa shape index (κ1) is 18.3. The van der Waals surface area contributed by atoms with Crippen molar-refractivity contribution in [2.24, 2.45) is 5.92 Å². The van der Waals surface area contributed by atoms with E-state index < -0.39 is 11.6 Å². The van der Waals surface area contributed by atoms with Crippen LogP contribution >= 0.6 is 11.3 Å². The summed E-state index contributed by atoms with van der Waals surface area (Å²) in [7, 11) is 0. The zero-order chi connectivity index (χ0) is 18.5. The summed E-state index contributed by atoms with van der Waals surface area (Å²) in [5.41, 5.74) is -0.145. The van der Waals surface area contributed by atoms with Crippen molar-refractivity contribution in [3.63, 3.8) is 0 Å². The van der Waals surface area contributed by atoms with Crippen molar-refractivity contribution >= 4 is 28.3 Å². The number of halogens is 2. The van der Waals surface area contributed by atoms with Gasteiger partial charge in [-0.25, -0.2) is 13.6 Å². The van der Waals surface area contributed by atoms with Gasteiger partial charge >= 0.3 is 6.03 Å². The first-order valence-electron chi connectivity index (χ1n) is 8.34. The van der Waals surface area contributed by atoms with Gasteiger partial charge in [0.1, 0.15) is 11.6 Å². The molecule has 2 aromatic rings. The zero-order valence-electron chi connectivity index (χ0n) is 14.0. The van der Waals surface area contributed by atoms with Gasteiger partial charge in [0, 0.05) is 31.1 Å². The number of urea groups is 1. The number of nitrogens with one attached hydrogen (secondary N) is 2. The number of piperidine rings is 1. The van der Waals surface area contributed by atoms with Gasteiger partial charge in [-0.3, -0.25) is 10.1 Å². The van der Waals surface area contributed by atoms with Crippen LogP contribution in [0.4, 0.5) is 18.6 Å². The second-order valence-corrected chi connectivity index (χ2v) is 7.03. The van der Waals surface area contributed by atoms with Gasteiger partial charge < -0.3 is 10.2 Å². The van der Waals surface area contributed by atoms with Crippen LogP contribution in [0.25, 0.3) is 0 Å². The van der Waals surface area contributed by atoms with Gasteiger partial charge in [0.25, 0.3) is 0 Å². The molecule has 0 aliphatic carbocycles. The third-order valence-electron chi connectivity index (χ3n) is 4.41. The van der Waals surface area contributed by atoms with Gasteiger partial charge in [0.05, 0.1) is 5.00 Å². The van der Waals surface area contributed by atoms with Crippen molar-refractivity contribution in [2.75, 3.05) is 18.4 Å². The van der Waals surface area contributed by atoms with Crippen LogP contribution in [0.15, 0.2) is 35.7 Å². The lowest BCUT2D eigenvalue weighted by atomic mass is 9.96. The SMILES string of the molecule is O=C(NCc1c(F)cccc1F)C1CCN(C(=O)Nc2cccs2)CC1. The molecule has 1 aromatic heterocycles. The molecule has 0 saturated carbocycles. The third-order valence-corrected chi connectivity index (χ3v) is 5.19. The number of likely N-dealkylation sites (tertiary alicyclic amines) is 1. The molecule has 2 heterocycles. The molecule has 0 radical (unpaired) electrons. The highest BCUT2D eigenvalue weighted by molar-refractivity contribution is 7.14. The summed E-state index contributed by atoms with van der Waals surface area (Å²) in [6.07, 6.45) is 1.03. The van der Waals surface area contributed by atoms with E-state index in [0.29, 0.717) is 25.9 Å². The topological polar surface area (TPSA) is 61.4 Å². The van der Waals surface area contributed by atoms with Gasteiger partial charge in [0.15, 0.2) is 0 Å². The molecule has 138 valence electrons. The second kappa shape index (κ2) is 8.27. The van der Waals surface area contributed by atoms with E-state index in [1.165, 1.54) is 17.4 Å². The Morgan fingerprint density at radius 1 is 1.12 bits per heavy atom. The van der Waals surface area contributed by atoms with E-state index in [-0.39, 0.29) is 30.0 Å². The fraction of sp³-hybridized carbons (Fsp3) is 0.333. The summed E-state index contributed by atoms with van der Waals surface area (Å²) in [5.74, 6) is -1.86. The predicted molar refractivity (Wildman–Crippen MR) is 95.8 cm³/mol. The molecule has 8 heteroatoms. The highest BCUT2D eigenvalue weighted by Gasteiger charge is 2.27. The maximum absolute atomic E-state index is 13.6. The van der Waals surface area contributed by atoms with Gasteiger partial charge in [-0.2, -0.15) is 0 Å². The minimum absolute atomic E-state index is 0.145. The Hall–Kier alpha value is -2.48. The first-order chi connectivity index (χ1) is 12.5. The second-order valence-electron chi connectivity index (χ2n) is 6.09. The molecule has 1 aliphatic heterocycles. The summed E-state index contributed by atoms with van der Waals surface area (Å²) in [6.45, 7) is 0.739. The molecule has 0 unspecified atom stereocenters. The number of hydrogen-bond acceptors (Lipinski definition) is 3. The Morgan fingerprint density at radius 3 is 2.42 bits per heavy atom. The molecular formula is C18H19F2N3O2S. The van der Waals surface area contributed by atoms with Crippen LogP contribution in [-0.2, 0) is 11.3 Å². The van der Waals surface area contributed by atoms with Crippen molar-refractivity contribution < 1.29 is 18.4 Å². The molecule has 3 amide bonds. The summed E-state index contributed by atoms with van der Waals surface area (Å²) in [4.78, 5) is 26.1. The number of benzene rings is 1. The molecule has 1 fully saturated rings. The Kier molecular flexibility index (Phi) is 5.82. The van der Waals surface area contributed by atoms with Crippen LogP contribution in [-0.4, -0.2) is 29.9 Å². The van der Waals surface area contributed by atoms with Gasteiger partial charge in [-0.05, 0) is 42.5 Å². The first-order valence-corrected chi connectivity index (χ1v) is 9.22. The van der Waals surface area contributed by atoms with Crippen molar-refractivity contribution in [3.8, 4) is 0 Å². The Balaban J connectivity index is 1.47. The summed E-state index contributed by atoms with van der Waals surface area (Å²) in [6, 6.07) is 7.11. The average Bonchev–Trinajstić information content (AvgIpc) is 3.14.